The lowest BCUT2D eigenvalue weighted by Gasteiger charge is -2.29. The maximum atomic E-state index is 13.0. The molecule has 85 heavy (non-hydrogen) atoms. The van der Waals surface area contributed by atoms with Crippen molar-refractivity contribution < 1.29 is 32.9 Å². The quantitative estimate of drug-likeness (QED) is 0.0272. The number of nitrogens with one attached hydrogen (secondary N) is 1. The number of phosphoric ester groups is 1. The molecule has 0 radical (unpaired) electrons. The topological polar surface area (TPSA) is 108 Å². The van der Waals surface area contributed by atoms with Crippen LogP contribution in [0.1, 0.15) is 393 Å². The van der Waals surface area contributed by atoms with Crippen LogP contribution in [0, 0.1) is 0 Å². The normalized spacial score (nSPS) is 13.7. The van der Waals surface area contributed by atoms with E-state index in [1.54, 1.807) is 6.08 Å². The number of aliphatic hydroxyl groups excluding tert-OH is 1. The minimum Gasteiger partial charge on any atom is -0.756 e. The molecule has 0 rings (SSSR count). The number of allylic oxidation sites excluding steroid dienone is 5. The minimum atomic E-state index is -4.61. The monoisotopic (exact) mass is 1220 g/mol. The summed E-state index contributed by atoms with van der Waals surface area (Å²) in [6.45, 7) is 4.69. The number of carbonyl (C=O) groups is 1. The molecular formula is C76H149N2O6P. The number of carbonyl (C=O) groups excluding carboxylic acids is 1. The number of rotatable bonds is 71. The maximum Gasteiger partial charge on any atom is 0.268 e. The van der Waals surface area contributed by atoms with E-state index in [0.717, 1.165) is 38.5 Å². The molecule has 3 unspecified atom stereocenters. The van der Waals surface area contributed by atoms with Crippen molar-refractivity contribution in [2.24, 2.45) is 0 Å². The molecule has 9 heteroatoms. The zero-order valence-corrected chi connectivity index (χ0v) is 58.7. The standard InChI is InChI=1S/C76H149N2O6P/c1-6-8-10-12-14-16-18-20-22-24-26-28-30-31-32-33-34-35-36-37-38-39-40-41-42-43-44-45-46-47-48-50-52-54-56-58-60-62-64-66-68-70-76(80)77-74(73-84-85(81,82)83-72-71-78(3,4)5)75(79)69-67-65-63-61-59-57-55-53-51-49-29-27-25-23-21-19-17-15-13-11-9-7-2/h24,26,59,61,67,69,74-75,79H,6-23,25,27-58,60,62-66,68,70-73H2,1-5H3,(H-,77,80,81,82)/b26-24-,61-59+,69-67+. The second-order valence-corrected chi connectivity index (χ2v) is 28.8. The first-order chi connectivity index (χ1) is 41.5. The highest BCUT2D eigenvalue weighted by atomic mass is 31.2. The third-order valence-corrected chi connectivity index (χ3v) is 18.5. The van der Waals surface area contributed by atoms with E-state index in [4.69, 9.17) is 9.05 Å². The lowest BCUT2D eigenvalue weighted by atomic mass is 10.0. The van der Waals surface area contributed by atoms with Gasteiger partial charge in [0, 0.05) is 6.42 Å². The van der Waals surface area contributed by atoms with Crippen molar-refractivity contribution in [1.29, 1.82) is 0 Å². The van der Waals surface area contributed by atoms with Crippen LogP contribution in [0.4, 0.5) is 0 Å². The van der Waals surface area contributed by atoms with E-state index in [-0.39, 0.29) is 19.1 Å². The highest BCUT2D eigenvalue weighted by Gasteiger charge is 2.23. The summed E-state index contributed by atoms with van der Waals surface area (Å²) in [5.41, 5.74) is 0. The molecule has 504 valence electrons. The van der Waals surface area contributed by atoms with Crippen LogP contribution in [-0.2, 0) is 18.4 Å². The molecule has 0 aliphatic rings. The highest BCUT2D eigenvalue weighted by molar-refractivity contribution is 7.45. The molecule has 0 aromatic carbocycles. The zero-order valence-electron chi connectivity index (χ0n) is 57.8. The van der Waals surface area contributed by atoms with Crippen LogP contribution in [0.2, 0.25) is 0 Å². The second-order valence-electron chi connectivity index (χ2n) is 27.4. The van der Waals surface area contributed by atoms with Gasteiger partial charge in [-0.1, -0.05) is 365 Å². The largest absolute Gasteiger partial charge is 0.756 e. The average Bonchev–Trinajstić information content (AvgIpc) is 3.48. The first-order valence-electron chi connectivity index (χ1n) is 37.9. The Morgan fingerprint density at radius 1 is 0.400 bits per heavy atom. The van der Waals surface area contributed by atoms with Crippen LogP contribution >= 0.6 is 7.82 Å². The molecule has 3 atom stereocenters. The van der Waals surface area contributed by atoms with Crippen molar-refractivity contribution in [1.82, 2.24) is 5.32 Å². The van der Waals surface area contributed by atoms with E-state index in [1.807, 2.05) is 27.2 Å². The van der Waals surface area contributed by atoms with E-state index in [9.17, 15) is 19.4 Å². The van der Waals surface area contributed by atoms with Gasteiger partial charge in [-0.25, -0.2) is 0 Å². The summed E-state index contributed by atoms with van der Waals surface area (Å²) < 4.78 is 23.4. The van der Waals surface area contributed by atoms with Crippen LogP contribution in [0.15, 0.2) is 36.5 Å². The Bertz CT molecular complexity index is 1480. The predicted octanol–water partition coefficient (Wildman–Crippen LogP) is 23.8. The molecule has 0 spiro atoms. The molecule has 0 aliphatic heterocycles. The number of likely N-dealkylation sites (N-methyl/N-ethyl adjacent to an activating group) is 1. The lowest BCUT2D eigenvalue weighted by molar-refractivity contribution is -0.870. The summed E-state index contributed by atoms with van der Waals surface area (Å²) in [6.07, 6.45) is 90.3. The Balaban J connectivity index is 3.91. The fraction of sp³-hybridized carbons (Fsp3) is 0.908. The van der Waals surface area contributed by atoms with Crippen LogP contribution in [0.3, 0.4) is 0 Å². The number of hydrogen-bond acceptors (Lipinski definition) is 6. The Labute approximate surface area is 531 Å². The molecule has 0 heterocycles. The highest BCUT2D eigenvalue weighted by Crippen LogP contribution is 2.38. The lowest BCUT2D eigenvalue weighted by Crippen LogP contribution is -2.45. The molecule has 0 saturated carbocycles. The van der Waals surface area contributed by atoms with Gasteiger partial charge in [0.05, 0.1) is 39.9 Å². The third-order valence-electron chi connectivity index (χ3n) is 17.6. The summed E-state index contributed by atoms with van der Waals surface area (Å²) in [4.78, 5) is 25.6. The Kier molecular flexibility index (Phi) is 66.1. The van der Waals surface area contributed by atoms with Crippen LogP contribution < -0.4 is 10.2 Å². The van der Waals surface area contributed by atoms with Crippen LogP contribution in [0.5, 0.6) is 0 Å². The summed E-state index contributed by atoms with van der Waals surface area (Å²) in [6, 6.07) is -0.903. The first kappa shape index (κ1) is 83.7. The molecule has 0 fully saturated rings. The fourth-order valence-corrected chi connectivity index (χ4v) is 12.4. The molecule has 0 aromatic rings. The molecule has 0 aliphatic carbocycles. The molecule has 8 nitrogen and oxygen atoms in total. The Morgan fingerprint density at radius 3 is 0.953 bits per heavy atom. The van der Waals surface area contributed by atoms with E-state index in [0.29, 0.717) is 17.4 Å². The van der Waals surface area contributed by atoms with Gasteiger partial charge in [-0.2, -0.15) is 0 Å². The van der Waals surface area contributed by atoms with Gasteiger partial charge in [-0.05, 0) is 57.8 Å². The van der Waals surface area contributed by atoms with Crippen molar-refractivity contribution in [2.75, 3.05) is 40.9 Å². The van der Waals surface area contributed by atoms with Gasteiger partial charge in [0.1, 0.15) is 13.2 Å². The summed E-state index contributed by atoms with van der Waals surface area (Å²) in [5, 5.41) is 13.9. The molecule has 0 saturated heterocycles. The molecular weight excluding hydrogens is 1070 g/mol. The maximum absolute atomic E-state index is 13.0. The predicted molar refractivity (Wildman–Crippen MR) is 372 cm³/mol. The van der Waals surface area contributed by atoms with E-state index < -0.39 is 20.0 Å². The van der Waals surface area contributed by atoms with Crippen molar-refractivity contribution >= 4 is 13.7 Å². The van der Waals surface area contributed by atoms with Gasteiger partial charge in [-0.3, -0.25) is 9.36 Å². The van der Waals surface area contributed by atoms with Gasteiger partial charge in [-0.15, -0.1) is 0 Å². The fourth-order valence-electron chi connectivity index (χ4n) is 11.7. The van der Waals surface area contributed by atoms with E-state index in [1.165, 1.54) is 334 Å². The van der Waals surface area contributed by atoms with E-state index >= 15 is 0 Å². The SMILES string of the molecule is CCCCCCCCCC/C=C\CCCCCCCCCCCCCCCCCCCCCCCCCCCCCCCC(=O)NC(COP(=O)([O-])OCC[N+](C)(C)C)C(O)/C=C/CC/C=C/CCCCCCCCCCCCCCCCCC. The summed E-state index contributed by atoms with van der Waals surface area (Å²) >= 11 is 0. The van der Waals surface area contributed by atoms with Gasteiger partial charge < -0.3 is 28.8 Å². The number of phosphoric acid groups is 1. The summed E-state index contributed by atoms with van der Waals surface area (Å²) in [7, 11) is 1.26. The van der Waals surface area contributed by atoms with Crippen molar-refractivity contribution in [3.8, 4) is 0 Å². The van der Waals surface area contributed by atoms with Crippen molar-refractivity contribution in [2.45, 2.75) is 405 Å². The molecule has 2 N–H and O–H groups in total. The average molecular weight is 1220 g/mol. The number of quaternary nitrogens is 1. The minimum absolute atomic E-state index is 0.00402. The van der Waals surface area contributed by atoms with Gasteiger partial charge in [0.15, 0.2) is 0 Å². The number of nitrogens with zero attached hydrogens (tertiary/aromatic N) is 1. The van der Waals surface area contributed by atoms with Gasteiger partial charge in [0.25, 0.3) is 7.82 Å². The van der Waals surface area contributed by atoms with Gasteiger partial charge in [0.2, 0.25) is 5.91 Å². The van der Waals surface area contributed by atoms with Crippen LogP contribution in [0.25, 0.3) is 0 Å². The van der Waals surface area contributed by atoms with Crippen LogP contribution in [-0.4, -0.2) is 68.5 Å². The van der Waals surface area contributed by atoms with Crippen molar-refractivity contribution in [3.05, 3.63) is 36.5 Å². The smallest absolute Gasteiger partial charge is 0.268 e. The third kappa shape index (κ3) is 70.0. The first-order valence-corrected chi connectivity index (χ1v) is 39.3. The number of unbranched alkanes of at least 4 members (excludes halogenated alkanes) is 54. The van der Waals surface area contributed by atoms with E-state index in [2.05, 4.69) is 43.5 Å². The molecule has 0 aromatic heterocycles. The van der Waals surface area contributed by atoms with Crippen molar-refractivity contribution in [3.63, 3.8) is 0 Å². The molecule has 1 amide bonds. The molecule has 0 bridgehead atoms. The Morgan fingerprint density at radius 2 is 0.659 bits per heavy atom. The number of amides is 1. The number of hydrogen-bond donors (Lipinski definition) is 2. The summed E-state index contributed by atoms with van der Waals surface area (Å²) in [5.74, 6) is -0.199. The Hall–Kier alpha value is -1.28. The zero-order chi connectivity index (χ0) is 61.9. The number of aliphatic hydroxyl groups is 1. The second kappa shape index (κ2) is 67.1. The van der Waals surface area contributed by atoms with Gasteiger partial charge >= 0.3 is 0 Å².